The lowest BCUT2D eigenvalue weighted by Gasteiger charge is -2.49. The molecule has 7 rings (SSSR count). The summed E-state index contributed by atoms with van der Waals surface area (Å²) < 4.78 is 35.1. The second-order valence-electron chi connectivity index (χ2n) is 13.9. The third-order valence-electron chi connectivity index (χ3n) is 11.3. The lowest BCUT2D eigenvalue weighted by atomic mass is 9.63. The van der Waals surface area contributed by atoms with Gasteiger partial charge in [0.25, 0.3) is 5.91 Å². The summed E-state index contributed by atoms with van der Waals surface area (Å²) in [5.41, 5.74) is 2.63. The van der Waals surface area contributed by atoms with Crippen LogP contribution in [0.4, 0.5) is 5.69 Å². The van der Waals surface area contributed by atoms with Crippen molar-refractivity contribution in [3.05, 3.63) is 58.1 Å². The number of ether oxygens (including phenoxy) is 1. The molecule has 7 atom stereocenters. The van der Waals surface area contributed by atoms with Crippen molar-refractivity contribution in [1.82, 2.24) is 4.72 Å². The predicted molar refractivity (Wildman–Crippen MR) is 164 cm³/mol. The summed E-state index contributed by atoms with van der Waals surface area (Å²) in [6.45, 7) is 5.65. The average molecular weight is 613 g/mol. The lowest BCUT2D eigenvalue weighted by molar-refractivity contribution is -0.0868. The van der Waals surface area contributed by atoms with Gasteiger partial charge in [0.1, 0.15) is 5.75 Å². The summed E-state index contributed by atoms with van der Waals surface area (Å²) in [7, 11) is -3.85. The highest BCUT2D eigenvalue weighted by molar-refractivity contribution is 7.90. The van der Waals surface area contributed by atoms with Crippen LogP contribution < -0.4 is 14.4 Å². The zero-order chi connectivity index (χ0) is 29.4. The molecule has 2 saturated carbocycles. The van der Waals surface area contributed by atoms with Crippen LogP contribution in [0.1, 0.15) is 80.3 Å². The Bertz CT molecular complexity index is 1530. The van der Waals surface area contributed by atoms with Crippen LogP contribution in [-0.4, -0.2) is 50.0 Å². The molecule has 0 saturated heterocycles. The molecule has 2 fully saturated rings. The number of sulfonamides is 1. The van der Waals surface area contributed by atoms with Gasteiger partial charge in [-0.1, -0.05) is 17.7 Å². The van der Waals surface area contributed by atoms with E-state index in [-0.39, 0.29) is 17.3 Å². The maximum absolute atomic E-state index is 13.3. The van der Waals surface area contributed by atoms with Crippen LogP contribution in [0.25, 0.3) is 0 Å². The molecule has 5 aliphatic rings. The molecule has 2 aromatic carbocycles. The first kappa shape index (κ1) is 28.5. The van der Waals surface area contributed by atoms with Gasteiger partial charge in [0.15, 0.2) is 0 Å². The monoisotopic (exact) mass is 612 g/mol. The van der Waals surface area contributed by atoms with E-state index in [0.717, 1.165) is 62.2 Å². The molecule has 2 N–H and O–H groups in total. The number of carbonyl (C=O) groups is 1. The number of hydrogen-bond donors (Lipinski definition) is 2. The Morgan fingerprint density at radius 3 is 2.67 bits per heavy atom. The molecular weight excluding hydrogens is 572 g/mol. The Morgan fingerprint density at radius 1 is 1.07 bits per heavy atom. The van der Waals surface area contributed by atoms with Crippen LogP contribution in [0.15, 0.2) is 36.4 Å². The maximum atomic E-state index is 13.3. The van der Waals surface area contributed by atoms with Crippen molar-refractivity contribution in [1.29, 1.82) is 0 Å². The SMILES string of the molecule is C[C@@H]1CCC2C[C@@H]2[C@](C)(O)[C@@H]2CC[C@H]2CN2C[C@@]3(CCCc4cc(Cl)ccc43)COc3ccc(cc32)C(=O)NS1(=O)=O. The fourth-order valence-electron chi connectivity index (χ4n) is 8.55. The summed E-state index contributed by atoms with van der Waals surface area (Å²) in [4.78, 5) is 15.7. The van der Waals surface area contributed by atoms with E-state index in [0.29, 0.717) is 42.7 Å². The minimum absolute atomic E-state index is 0.189. The Kier molecular flexibility index (Phi) is 6.87. The first-order valence-corrected chi connectivity index (χ1v) is 17.5. The fourth-order valence-corrected chi connectivity index (χ4v) is 9.76. The Balaban J connectivity index is 1.31. The highest BCUT2D eigenvalue weighted by Gasteiger charge is 2.56. The van der Waals surface area contributed by atoms with E-state index in [1.807, 2.05) is 19.1 Å². The number of halogens is 1. The summed E-state index contributed by atoms with van der Waals surface area (Å²) in [6.07, 6.45) is 7.19. The van der Waals surface area contributed by atoms with E-state index < -0.39 is 26.8 Å². The van der Waals surface area contributed by atoms with E-state index in [9.17, 15) is 18.3 Å². The number of anilines is 1. The first-order chi connectivity index (χ1) is 20.0. The molecule has 2 aliphatic heterocycles. The first-order valence-electron chi connectivity index (χ1n) is 15.6. The Hall–Kier alpha value is -2.29. The normalized spacial score (nSPS) is 37.2. The summed E-state index contributed by atoms with van der Waals surface area (Å²) in [5, 5.41) is 11.9. The standard InChI is InChI=1S/C33H41ClN2O5S/c1-20-5-6-22-15-28(22)32(2,38)26-10-7-24(26)17-36-18-33(13-3-4-21-14-25(34)9-11-27(21)33)19-41-30-12-8-23(16-29(30)36)31(37)35-42(20,39)40/h8-9,11-12,14,16,20,22,24,26,28,38H,3-7,10,13,15,17-19H2,1-2H3,(H,35,37)/t20-,22?,24+,26-,28+,32-,33+/m1/s1. The van der Waals surface area contributed by atoms with Gasteiger partial charge < -0.3 is 14.7 Å². The van der Waals surface area contributed by atoms with Gasteiger partial charge in [0.05, 0.1) is 23.1 Å². The molecule has 2 bridgehead atoms. The number of aliphatic hydroxyl groups is 1. The van der Waals surface area contributed by atoms with Crippen molar-refractivity contribution in [3.8, 4) is 5.75 Å². The zero-order valence-electron chi connectivity index (χ0n) is 24.4. The van der Waals surface area contributed by atoms with Crippen LogP contribution in [0.5, 0.6) is 5.75 Å². The molecule has 0 aromatic heterocycles. The van der Waals surface area contributed by atoms with Crippen molar-refractivity contribution in [2.75, 3.05) is 24.6 Å². The molecule has 7 nitrogen and oxygen atoms in total. The van der Waals surface area contributed by atoms with E-state index in [1.54, 1.807) is 19.1 Å². The van der Waals surface area contributed by atoms with E-state index in [1.165, 1.54) is 11.1 Å². The highest BCUT2D eigenvalue weighted by Crippen LogP contribution is 2.57. The smallest absolute Gasteiger partial charge is 0.264 e. The van der Waals surface area contributed by atoms with Crippen molar-refractivity contribution >= 4 is 33.2 Å². The Morgan fingerprint density at radius 2 is 1.88 bits per heavy atom. The van der Waals surface area contributed by atoms with E-state index in [2.05, 4.69) is 21.8 Å². The van der Waals surface area contributed by atoms with Crippen molar-refractivity contribution in [3.63, 3.8) is 0 Å². The molecule has 42 heavy (non-hydrogen) atoms. The highest BCUT2D eigenvalue weighted by atomic mass is 35.5. The van der Waals surface area contributed by atoms with Gasteiger partial charge in [-0.15, -0.1) is 0 Å². The molecule has 1 amide bonds. The number of benzene rings is 2. The number of aryl methyl sites for hydroxylation is 1. The van der Waals surface area contributed by atoms with E-state index >= 15 is 0 Å². The van der Waals surface area contributed by atoms with Gasteiger partial charge in [0.2, 0.25) is 10.0 Å². The topological polar surface area (TPSA) is 95.9 Å². The summed E-state index contributed by atoms with van der Waals surface area (Å²) in [6, 6.07) is 11.5. The molecule has 9 heteroatoms. The third kappa shape index (κ3) is 4.82. The molecule has 1 spiro atoms. The van der Waals surface area contributed by atoms with Crippen molar-refractivity contribution in [2.24, 2.45) is 23.7 Å². The summed E-state index contributed by atoms with van der Waals surface area (Å²) >= 11 is 6.40. The van der Waals surface area contributed by atoms with Crippen molar-refractivity contribution < 1.29 is 23.1 Å². The Labute approximate surface area is 254 Å². The van der Waals surface area contributed by atoms with Crippen LogP contribution in [0, 0.1) is 23.7 Å². The number of fused-ring (bicyclic) bond motifs is 5. The van der Waals surface area contributed by atoms with Crippen LogP contribution in [-0.2, 0) is 21.9 Å². The number of rotatable bonds is 0. The molecule has 2 aromatic rings. The van der Waals surface area contributed by atoms with Crippen LogP contribution in [0.2, 0.25) is 5.02 Å². The van der Waals surface area contributed by atoms with Gasteiger partial charge in [-0.05, 0) is 130 Å². The largest absolute Gasteiger partial charge is 0.490 e. The van der Waals surface area contributed by atoms with Gasteiger partial charge in [-0.25, -0.2) is 13.1 Å². The second kappa shape index (κ2) is 10.1. The van der Waals surface area contributed by atoms with E-state index in [4.69, 9.17) is 16.3 Å². The number of nitrogens with one attached hydrogen (secondary N) is 1. The second-order valence-corrected chi connectivity index (χ2v) is 16.5. The third-order valence-corrected chi connectivity index (χ3v) is 13.3. The molecular formula is C33H41ClN2O5S. The molecule has 226 valence electrons. The van der Waals surface area contributed by atoms with Gasteiger partial charge in [0, 0.05) is 29.1 Å². The van der Waals surface area contributed by atoms with Gasteiger partial charge in [-0.3, -0.25) is 4.79 Å². The quantitative estimate of drug-likeness (QED) is 0.410. The molecule has 1 unspecified atom stereocenters. The van der Waals surface area contributed by atoms with Crippen LogP contribution in [0.3, 0.4) is 0 Å². The minimum atomic E-state index is -3.85. The number of nitrogens with zero attached hydrogens (tertiary/aromatic N) is 1. The van der Waals surface area contributed by atoms with Gasteiger partial charge in [-0.2, -0.15) is 0 Å². The number of carbonyl (C=O) groups excluding carboxylic acids is 1. The molecule has 3 aliphatic carbocycles. The molecule has 0 radical (unpaired) electrons. The molecule has 2 heterocycles. The number of hydrogen-bond acceptors (Lipinski definition) is 6. The van der Waals surface area contributed by atoms with Crippen LogP contribution >= 0.6 is 11.6 Å². The average Bonchev–Trinajstić information content (AvgIpc) is 3.73. The number of amides is 1. The maximum Gasteiger partial charge on any atom is 0.264 e. The van der Waals surface area contributed by atoms with Crippen molar-refractivity contribution in [2.45, 2.75) is 81.5 Å². The summed E-state index contributed by atoms with van der Waals surface area (Å²) in [5.74, 6) is 1.11. The predicted octanol–water partition coefficient (Wildman–Crippen LogP) is 5.47. The zero-order valence-corrected chi connectivity index (χ0v) is 26.0. The lowest BCUT2D eigenvalue weighted by Crippen LogP contribution is -2.53. The fraction of sp³-hybridized carbons (Fsp3) is 0.606. The minimum Gasteiger partial charge on any atom is -0.490 e. The van der Waals surface area contributed by atoms with Gasteiger partial charge >= 0.3 is 0 Å².